The van der Waals surface area contributed by atoms with Crippen LogP contribution >= 0.6 is 0 Å². The molecule has 3 fully saturated rings. The molecule has 2 aliphatic carbocycles. The molecule has 4 aliphatic rings. The molecule has 39 heavy (non-hydrogen) atoms. The number of piperidine rings is 1. The van der Waals surface area contributed by atoms with E-state index in [4.69, 9.17) is 4.74 Å². The number of amides is 1. The SMILES string of the molecule is CCc1cnc(N2CCC(COc3ccc(C4=CCC(C(=O)N5CCN(C6CC6)CC5)CC4)cc3)CC2)nc1. The van der Waals surface area contributed by atoms with Crippen molar-refractivity contribution in [1.29, 1.82) is 0 Å². The van der Waals surface area contributed by atoms with E-state index < -0.39 is 0 Å². The van der Waals surface area contributed by atoms with Gasteiger partial charge in [-0.05, 0) is 86.1 Å². The fourth-order valence-electron chi connectivity index (χ4n) is 6.30. The van der Waals surface area contributed by atoms with Crippen molar-refractivity contribution in [1.82, 2.24) is 19.8 Å². The third-order valence-corrected chi connectivity index (χ3v) is 9.16. The fourth-order valence-corrected chi connectivity index (χ4v) is 6.30. The number of aromatic nitrogens is 2. The minimum atomic E-state index is 0.150. The molecule has 7 heteroatoms. The Labute approximate surface area is 233 Å². The number of carbonyl (C=O) groups is 1. The van der Waals surface area contributed by atoms with Gasteiger partial charge in [-0.15, -0.1) is 0 Å². The molecule has 1 aromatic heterocycles. The minimum Gasteiger partial charge on any atom is -0.493 e. The van der Waals surface area contributed by atoms with Gasteiger partial charge in [0, 0.05) is 63.6 Å². The van der Waals surface area contributed by atoms with E-state index in [-0.39, 0.29) is 5.92 Å². The van der Waals surface area contributed by atoms with Crippen LogP contribution in [0.15, 0.2) is 42.7 Å². The van der Waals surface area contributed by atoms with Gasteiger partial charge in [0.15, 0.2) is 0 Å². The third-order valence-electron chi connectivity index (χ3n) is 9.16. The van der Waals surface area contributed by atoms with Crippen molar-refractivity contribution in [3.8, 4) is 5.75 Å². The van der Waals surface area contributed by atoms with Crippen LogP contribution in [0.5, 0.6) is 5.75 Å². The summed E-state index contributed by atoms with van der Waals surface area (Å²) in [6.07, 6.45) is 14.8. The van der Waals surface area contributed by atoms with Crippen LogP contribution in [0.1, 0.15) is 63.0 Å². The summed E-state index contributed by atoms with van der Waals surface area (Å²) < 4.78 is 6.18. The first-order chi connectivity index (χ1) is 19.2. The molecular formula is C32H43N5O2. The van der Waals surface area contributed by atoms with Crippen LogP contribution in [0.4, 0.5) is 5.95 Å². The van der Waals surface area contributed by atoms with Gasteiger partial charge in [-0.1, -0.05) is 25.1 Å². The first-order valence-corrected chi connectivity index (χ1v) is 15.2. The van der Waals surface area contributed by atoms with E-state index in [2.05, 4.69) is 61.9 Å². The van der Waals surface area contributed by atoms with Crippen molar-refractivity contribution in [2.75, 3.05) is 50.8 Å². The van der Waals surface area contributed by atoms with Crippen molar-refractivity contribution in [3.63, 3.8) is 0 Å². The second-order valence-corrected chi connectivity index (χ2v) is 11.8. The molecule has 1 atom stereocenters. The van der Waals surface area contributed by atoms with Gasteiger partial charge in [0.2, 0.25) is 11.9 Å². The normalized spacial score (nSPS) is 23.0. The molecule has 0 N–H and O–H groups in total. The zero-order chi connectivity index (χ0) is 26.6. The number of benzene rings is 1. The monoisotopic (exact) mass is 529 g/mol. The zero-order valence-corrected chi connectivity index (χ0v) is 23.4. The smallest absolute Gasteiger partial charge is 0.226 e. The summed E-state index contributed by atoms with van der Waals surface area (Å²) in [5.41, 5.74) is 3.81. The Balaban J connectivity index is 0.932. The van der Waals surface area contributed by atoms with Gasteiger partial charge >= 0.3 is 0 Å². The predicted molar refractivity (Wildman–Crippen MR) is 155 cm³/mol. The Morgan fingerprint density at radius 2 is 1.64 bits per heavy atom. The number of allylic oxidation sites excluding steroid dienone is 2. The molecule has 1 amide bonds. The second-order valence-electron chi connectivity index (χ2n) is 11.8. The molecule has 2 saturated heterocycles. The number of hydrogen-bond acceptors (Lipinski definition) is 6. The average molecular weight is 530 g/mol. The standard InChI is InChI=1S/C32H43N5O2/c1-2-24-21-33-32(34-22-24)37-15-13-25(14-16-37)23-39-30-11-7-27(8-12-30)26-3-5-28(6-4-26)31(38)36-19-17-35(18-20-36)29-9-10-29/h3,7-8,11-12,21-22,25,28-29H,2,4-6,9-10,13-20,23H2,1H3. The number of nitrogens with zero attached hydrogens (tertiary/aromatic N) is 5. The number of aryl methyl sites for hydroxylation is 1. The van der Waals surface area contributed by atoms with Crippen LogP contribution in [0.25, 0.3) is 5.57 Å². The molecule has 2 aliphatic heterocycles. The van der Waals surface area contributed by atoms with E-state index in [9.17, 15) is 4.79 Å². The summed E-state index contributed by atoms with van der Waals surface area (Å²) in [7, 11) is 0. The van der Waals surface area contributed by atoms with Crippen LogP contribution in [0.3, 0.4) is 0 Å². The molecule has 7 nitrogen and oxygen atoms in total. The molecule has 1 saturated carbocycles. The predicted octanol–water partition coefficient (Wildman–Crippen LogP) is 4.82. The van der Waals surface area contributed by atoms with Gasteiger partial charge in [-0.2, -0.15) is 0 Å². The van der Waals surface area contributed by atoms with E-state index in [1.807, 2.05) is 12.4 Å². The molecule has 6 rings (SSSR count). The Morgan fingerprint density at radius 1 is 0.923 bits per heavy atom. The van der Waals surface area contributed by atoms with Crippen LogP contribution < -0.4 is 9.64 Å². The van der Waals surface area contributed by atoms with Crippen molar-refractivity contribution in [3.05, 3.63) is 53.9 Å². The van der Waals surface area contributed by atoms with E-state index in [1.54, 1.807) is 0 Å². The summed E-state index contributed by atoms with van der Waals surface area (Å²) >= 11 is 0. The molecule has 1 unspecified atom stereocenters. The number of hydrogen-bond donors (Lipinski definition) is 0. The maximum Gasteiger partial charge on any atom is 0.226 e. The van der Waals surface area contributed by atoms with E-state index >= 15 is 0 Å². The Kier molecular flexibility index (Phi) is 8.14. The van der Waals surface area contributed by atoms with Gasteiger partial charge in [0.05, 0.1) is 6.61 Å². The highest BCUT2D eigenvalue weighted by Crippen LogP contribution is 2.33. The second kappa shape index (κ2) is 12.1. The summed E-state index contributed by atoms with van der Waals surface area (Å²) in [4.78, 5) is 29.2. The fraction of sp³-hybridized carbons (Fsp3) is 0.594. The minimum absolute atomic E-state index is 0.150. The molecule has 0 spiro atoms. The zero-order valence-electron chi connectivity index (χ0n) is 23.4. The molecule has 1 aromatic carbocycles. The van der Waals surface area contributed by atoms with Crippen LogP contribution in [0.2, 0.25) is 0 Å². The lowest BCUT2D eigenvalue weighted by Crippen LogP contribution is -2.51. The van der Waals surface area contributed by atoms with E-state index in [1.165, 1.54) is 29.5 Å². The lowest BCUT2D eigenvalue weighted by atomic mass is 9.85. The molecule has 3 heterocycles. The van der Waals surface area contributed by atoms with E-state index in [0.717, 1.165) is 102 Å². The lowest BCUT2D eigenvalue weighted by Gasteiger charge is -2.37. The van der Waals surface area contributed by atoms with Crippen LogP contribution in [-0.2, 0) is 11.2 Å². The quantitative estimate of drug-likeness (QED) is 0.489. The van der Waals surface area contributed by atoms with Crippen molar-refractivity contribution in [2.45, 2.75) is 64.3 Å². The largest absolute Gasteiger partial charge is 0.493 e. The van der Waals surface area contributed by atoms with E-state index in [0.29, 0.717) is 11.8 Å². The highest BCUT2D eigenvalue weighted by Gasteiger charge is 2.34. The van der Waals surface area contributed by atoms with Crippen LogP contribution in [0, 0.1) is 11.8 Å². The molecule has 0 radical (unpaired) electrons. The Bertz CT molecular complexity index is 1130. The van der Waals surface area contributed by atoms with Crippen molar-refractivity contribution >= 4 is 17.4 Å². The first-order valence-electron chi connectivity index (χ1n) is 15.2. The maximum absolute atomic E-state index is 13.1. The topological polar surface area (TPSA) is 61.8 Å². The number of anilines is 1. The Hall–Kier alpha value is -2.93. The summed E-state index contributed by atoms with van der Waals surface area (Å²) in [6, 6.07) is 9.37. The van der Waals surface area contributed by atoms with Gasteiger partial charge in [-0.25, -0.2) is 9.97 Å². The maximum atomic E-state index is 13.1. The summed E-state index contributed by atoms with van der Waals surface area (Å²) in [5, 5.41) is 0. The number of ether oxygens (including phenoxy) is 1. The van der Waals surface area contributed by atoms with Gasteiger partial charge in [-0.3, -0.25) is 9.69 Å². The summed E-state index contributed by atoms with van der Waals surface area (Å²) in [6.45, 7) is 8.76. The lowest BCUT2D eigenvalue weighted by molar-refractivity contribution is -0.137. The molecular weight excluding hydrogens is 486 g/mol. The van der Waals surface area contributed by atoms with Crippen molar-refractivity contribution < 1.29 is 9.53 Å². The van der Waals surface area contributed by atoms with Gasteiger partial charge in [0.25, 0.3) is 0 Å². The third kappa shape index (κ3) is 6.46. The highest BCUT2D eigenvalue weighted by atomic mass is 16.5. The number of carbonyl (C=O) groups excluding carboxylic acids is 1. The van der Waals surface area contributed by atoms with Crippen LogP contribution in [-0.4, -0.2) is 77.6 Å². The summed E-state index contributed by atoms with van der Waals surface area (Å²) in [5.74, 6) is 2.87. The Morgan fingerprint density at radius 3 is 2.26 bits per heavy atom. The first kappa shape index (κ1) is 26.3. The number of rotatable bonds is 8. The van der Waals surface area contributed by atoms with Crippen molar-refractivity contribution in [2.24, 2.45) is 11.8 Å². The molecule has 2 aromatic rings. The van der Waals surface area contributed by atoms with Gasteiger partial charge < -0.3 is 14.5 Å². The molecule has 0 bridgehead atoms. The average Bonchev–Trinajstić information content (AvgIpc) is 3.86. The number of piperazine rings is 1. The molecule has 208 valence electrons. The van der Waals surface area contributed by atoms with Gasteiger partial charge in [0.1, 0.15) is 5.75 Å². The highest BCUT2D eigenvalue weighted by molar-refractivity contribution is 5.81.